The molecule has 1 fully saturated rings. The van der Waals surface area contributed by atoms with Gasteiger partial charge in [0, 0.05) is 11.6 Å². The largest absolute Gasteiger partial charge is 0.310 e. The molecule has 1 amide bonds. The number of nitriles is 1. The molecule has 0 radical (unpaired) electrons. The first-order valence-corrected chi connectivity index (χ1v) is 6.66. The van der Waals surface area contributed by atoms with Gasteiger partial charge in [-0.1, -0.05) is 23.2 Å². The van der Waals surface area contributed by atoms with Crippen LogP contribution in [0.2, 0.25) is 10.3 Å². The van der Waals surface area contributed by atoms with Crippen molar-refractivity contribution in [2.45, 2.75) is 6.42 Å². The van der Waals surface area contributed by atoms with Crippen LogP contribution < -0.4 is 5.32 Å². The van der Waals surface area contributed by atoms with E-state index in [0.29, 0.717) is 17.6 Å². The SMILES string of the molecule is N#CC1C[C@@H]1C(=O)Nc1cc2cc(Cl)nc(Cl)c2cn1. The molecule has 0 saturated heterocycles. The molecule has 7 heteroatoms. The topological polar surface area (TPSA) is 78.7 Å². The van der Waals surface area contributed by atoms with Crippen LogP contribution in [0.4, 0.5) is 5.82 Å². The predicted molar refractivity (Wildman–Crippen MR) is 75.4 cm³/mol. The lowest BCUT2D eigenvalue weighted by atomic mass is 10.2. The number of hydrogen-bond donors (Lipinski definition) is 1. The third-order valence-electron chi connectivity index (χ3n) is 3.18. The Balaban J connectivity index is 1.86. The van der Waals surface area contributed by atoms with Gasteiger partial charge in [0.25, 0.3) is 0 Å². The monoisotopic (exact) mass is 306 g/mol. The van der Waals surface area contributed by atoms with Gasteiger partial charge < -0.3 is 5.32 Å². The number of fused-ring (bicyclic) bond motifs is 1. The molecule has 100 valence electrons. The standard InChI is InChI=1S/C13H8Cl2N4O/c14-10-2-6-3-11(17-5-9(6)12(15)18-10)19-13(20)8-1-7(8)4-16/h2-3,5,7-8H,1H2,(H,17,19,20)/t7?,8-/m0/s1. The Morgan fingerprint density at radius 1 is 1.45 bits per heavy atom. The molecule has 2 aromatic rings. The molecule has 2 atom stereocenters. The minimum absolute atomic E-state index is 0.177. The number of amides is 1. The molecule has 20 heavy (non-hydrogen) atoms. The van der Waals surface area contributed by atoms with Gasteiger partial charge in [0.2, 0.25) is 5.91 Å². The van der Waals surface area contributed by atoms with Crippen molar-refractivity contribution in [1.82, 2.24) is 9.97 Å². The van der Waals surface area contributed by atoms with E-state index >= 15 is 0 Å². The molecule has 2 heterocycles. The lowest BCUT2D eigenvalue weighted by Gasteiger charge is -2.06. The van der Waals surface area contributed by atoms with Crippen LogP contribution in [-0.2, 0) is 4.79 Å². The van der Waals surface area contributed by atoms with Gasteiger partial charge in [-0.25, -0.2) is 9.97 Å². The van der Waals surface area contributed by atoms with E-state index < -0.39 is 0 Å². The van der Waals surface area contributed by atoms with Crippen LogP contribution >= 0.6 is 23.2 Å². The van der Waals surface area contributed by atoms with E-state index in [1.165, 1.54) is 6.20 Å². The zero-order valence-corrected chi connectivity index (χ0v) is 11.6. The quantitative estimate of drug-likeness (QED) is 0.865. The minimum Gasteiger partial charge on any atom is -0.310 e. The molecule has 3 rings (SSSR count). The number of nitrogens with zero attached hydrogens (tertiary/aromatic N) is 3. The highest BCUT2D eigenvalue weighted by Gasteiger charge is 2.43. The fourth-order valence-corrected chi connectivity index (χ4v) is 2.49. The van der Waals surface area contributed by atoms with Gasteiger partial charge in [-0.15, -0.1) is 0 Å². The molecule has 0 aliphatic heterocycles. The fourth-order valence-electron chi connectivity index (χ4n) is 1.99. The van der Waals surface area contributed by atoms with Crippen molar-refractivity contribution in [2.24, 2.45) is 11.8 Å². The fraction of sp³-hybridized carbons (Fsp3) is 0.231. The molecule has 1 aliphatic carbocycles. The predicted octanol–water partition coefficient (Wildman–Crippen LogP) is 3.03. The van der Waals surface area contributed by atoms with Gasteiger partial charge in [0.05, 0.1) is 17.9 Å². The van der Waals surface area contributed by atoms with E-state index in [4.69, 9.17) is 28.5 Å². The maximum absolute atomic E-state index is 11.8. The summed E-state index contributed by atoms with van der Waals surface area (Å²) in [5.74, 6) is -0.190. The summed E-state index contributed by atoms with van der Waals surface area (Å²) in [5.41, 5.74) is 0. The van der Waals surface area contributed by atoms with Crippen LogP contribution in [0, 0.1) is 23.2 Å². The molecule has 0 spiro atoms. The van der Waals surface area contributed by atoms with Crippen molar-refractivity contribution in [3.05, 3.63) is 28.6 Å². The van der Waals surface area contributed by atoms with Gasteiger partial charge in [-0.3, -0.25) is 4.79 Å². The van der Waals surface area contributed by atoms with E-state index in [0.717, 1.165) is 5.39 Å². The summed E-state index contributed by atoms with van der Waals surface area (Å²) >= 11 is 11.8. The number of hydrogen-bond acceptors (Lipinski definition) is 4. The summed E-state index contributed by atoms with van der Waals surface area (Å²) in [6.45, 7) is 0. The second kappa shape index (κ2) is 4.89. The van der Waals surface area contributed by atoms with E-state index in [-0.39, 0.29) is 28.0 Å². The van der Waals surface area contributed by atoms with Crippen LogP contribution in [0.15, 0.2) is 18.3 Å². The molecule has 1 saturated carbocycles. The van der Waals surface area contributed by atoms with E-state index in [1.807, 2.05) is 0 Å². The van der Waals surface area contributed by atoms with E-state index in [2.05, 4.69) is 21.4 Å². The number of anilines is 1. The number of pyridine rings is 2. The second-order valence-corrected chi connectivity index (χ2v) is 5.34. The van der Waals surface area contributed by atoms with Crippen molar-refractivity contribution in [1.29, 1.82) is 5.26 Å². The zero-order valence-electron chi connectivity index (χ0n) is 10.1. The van der Waals surface area contributed by atoms with E-state index in [9.17, 15) is 4.79 Å². The van der Waals surface area contributed by atoms with Crippen LogP contribution in [0.5, 0.6) is 0 Å². The zero-order chi connectivity index (χ0) is 14.3. The summed E-state index contributed by atoms with van der Waals surface area (Å²) in [5, 5.41) is 13.4. The van der Waals surface area contributed by atoms with Crippen LogP contribution in [0.3, 0.4) is 0 Å². The Morgan fingerprint density at radius 3 is 2.95 bits per heavy atom. The molecule has 2 aromatic heterocycles. The Hall–Kier alpha value is -1.90. The number of nitrogens with one attached hydrogen (secondary N) is 1. The second-order valence-electron chi connectivity index (χ2n) is 4.59. The molecular weight excluding hydrogens is 299 g/mol. The molecule has 0 aromatic carbocycles. The molecule has 1 aliphatic rings. The summed E-state index contributed by atoms with van der Waals surface area (Å²) in [4.78, 5) is 19.9. The maximum Gasteiger partial charge on any atom is 0.230 e. The number of aromatic nitrogens is 2. The van der Waals surface area contributed by atoms with Crippen molar-refractivity contribution < 1.29 is 4.79 Å². The molecule has 1 unspecified atom stereocenters. The first-order valence-electron chi connectivity index (χ1n) is 5.91. The highest BCUT2D eigenvalue weighted by atomic mass is 35.5. The smallest absolute Gasteiger partial charge is 0.230 e. The Kier molecular flexibility index (Phi) is 3.20. The minimum atomic E-state index is -0.234. The lowest BCUT2D eigenvalue weighted by molar-refractivity contribution is -0.117. The molecule has 5 nitrogen and oxygen atoms in total. The third-order valence-corrected chi connectivity index (χ3v) is 3.66. The van der Waals surface area contributed by atoms with Crippen LogP contribution in [0.1, 0.15) is 6.42 Å². The van der Waals surface area contributed by atoms with Crippen LogP contribution in [-0.4, -0.2) is 15.9 Å². The first-order chi connectivity index (χ1) is 9.58. The van der Waals surface area contributed by atoms with Gasteiger partial charge in [-0.05, 0) is 23.9 Å². The molecule has 0 bridgehead atoms. The van der Waals surface area contributed by atoms with Gasteiger partial charge in [0.15, 0.2) is 0 Å². The summed E-state index contributed by atoms with van der Waals surface area (Å²) in [6.07, 6.45) is 2.14. The van der Waals surface area contributed by atoms with Crippen molar-refractivity contribution in [2.75, 3.05) is 5.32 Å². The summed E-state index contributed by atoms with van der Waals surface area (Å²) in [6, 6.07) is 5.40. The Morgan fingerprint density at radius 2 is 2.25 bits per heavy atom. The lowest BCUT2D eigenvalue weighted by Crippen LogP contribution is -2.15. The average molecular weight is 307 g/mol. The number of carbonyl (C=O) groups is 1. The number of carbonyl (C=O) groups excluding carboxylic acids is 1. The van der Waals surface area contributed by atoms with Gasteiger partial charge >= 0.3 is 0 Å². The third kappa shape index (κ3) is 2.40. The van der Waals surface area contributed by atoms with Gasteiger partial charge in [0.1, 0.15) is 16.1 Å². The average Bonchev–Trinajstić information content (AvgIpc) is 3.17. The highest BCUT2D eigenvalue weighted by molar-refractivity contribution is 6.36. The van der Waals surface area contributed by atoms with Crippen molar-refractivity contribution >= 4 is 45.7 Å². The van der Waals surface area contributed by atoms with Crippen LogP contribution in [0.25, 0.3) is 10.8 Å². The van der Waals surface area contributed by atoms with Gasteiger partial charge in [-0.2, -0.15) is 5.26 Å². The summed E-state index contributed by atoms with van der Waals surface area (Å²) < 4.78 is 0. The highest BCUT2D eigenvalue weighted by Crippen LogP contribution is 2.38. The Labute approximate surface area is 124 Å². The summed E-state index contributed by atoms with van der Waals surface area (Å²) in [7, 11) is 0. The number of rotatable bonds is 2. The van der Waals surface area contributed by atoms with Crippen molar-refractivity contribution in [3.63, 3.8) is 0 Å². The van der Waals surface area contributed by atoms with Crippen molar-refractivity contribution in [3.8, 4) is 6.07 Å². The Bertz CT molecular complexity index is 756. The normalized spacial score (nSPS) is 20.4. The number of halogens is 2. The molecular formula is C13H8Cl2N4O. The van der Waals surface area contributed by atoms with E-state index in [1.54, 1.807) is 12.1 Å². The maximum atomic E-state index is 11.8. The first kappa shape index (κ1) is 13.1. The molecule has 1 N–H and O–H groups in total.